The molecule has 0 bridgehead atoms. The molecule has 4 aromatic rings. The Kier molecular flexibility index (Phi) is 6.28. The van der Waals surface area contributed by atoms with E-state index in [0.29, 0.717) is 17.5 Å². The fraction of sp³-hybridized carbons (Fsp3) is 0.286. The Hall–Kier alpha value is -4.15. The normalized spacial score (nSPS) is 11.1. The molecule has 4 rings (SSSR count). The van der Waals surface area contributed by atoms with E-state index in [2.05, 4.69) is 45.9 Å². The molecule has 3 heterocycles. The van der Waals surface area contributed by atoms with Gasteiger partial charge in [0.15, 0.2) is 17.5 Å². The van der Waals surface area contributed by atoms with Crippen LogP contribution in [0.1, 0.15) is 32.3 Å². The van der Waals surface area contributed by atoms with Crippen molar-refractivity contribution in [1.82, 2.24) is 34.5 Å². The second kappa shape index (κ2) is 8.92. The molecule has 0 unspecified atom stereocenters. The molecule has 0 saturated heterocycles. The number of carbonyl (C=O) groups is 2. The summed E-state index contributed by atoms with van der Waals surface area (Å²) in [7, 11) is 0. The van der Waals surface area contributed by atoms with E-state index in [1.54, 1.807) is 10.9 Å². The van der Waals surface area contributed by atoms with E-state index in [0.717, 1.165) is 22.4 Å². The molecule has 32 heavy (non-hydrogen) atoms. The standard InChI is InChI=1S/C20H22N8O.CH2O2/c1-12-9-15(28(25-12)20(2,3)4)19-24-17(10-16(21)29)26-27(19)18-11-22-13-7-5-6-8-14(13)23-18;2-1-3/h5-9,11H,10H2,1-4H3,(H2,21,29);1H,(H,2,3). The quantitative estimate of drug-likeness (QED) is 0.459. The number of aryl methyl sites for hydroxylation is 1. The molecule has 3 aromatic heterocycles. The molecule has 11 nitrogen and oxygen atoms in total. The predicted octanol–water partition coefficient (Wildman–Crippen LogP) is 1.87. The molecule has 0 aliphatic heterocycles. The van der Waals surface area contributed by atoms with Gasteiger partial charge in [0, 0.05) is 0 Å². The number of para-hydroxylation sites is 2. The number of nitrogens with two attached hydrogens (primary N) is 1. The Morgan fingerprint density at radius 3 is 2.44 bits per heavy atom. The summed E-state index contributed by atoms with van der Waals surface area (Å²) in [5.74, 6) is 0.850. The molecular weight excluding hydrogens is 412 g/mol. The highest BCUT2D eigenvalue weighted by atomic mass is 16.3. The van der Waals surface area contributed by atoms with Crippen LogP contribution < -0.4 is 5.73 Å². The van der Waals surface area contributed by atoms with Gasteiger partial charge < -0.3 is 10.8 Å². The molecule has 0 aliphatic rings. The summed E-state index contributed by atoms with van der Waals surface area (Å²) in [4.78, 5) is 33.6. The van der Waals surface area contributed by atoms with E-state index >= 15 is 0 Å². The molecule has 1 amide bonds. The summed E-state index contributed by atoms with van der Waals surface area (Å²) in [6.07, 6.45) is 1.57. The number of fused-ring (bicyclic) bond motifs is 1. The lowest BCUT2D eigenvalue weighted by molar-refractivity contribution is -0.123. The van der Waals surface area contributed by atoms with Gasteiger partial charge in [-0.2, -0.15) is 9.78 Å². The van der Waals surface area contributed by atoms with Crippen LogP contribution in [0.5, 0.6) is 0 Å². The number of nitrogens with zero attached hydrogens (tertiary/aromatic N) is 7. The van der Waals surface area contributed by atoms with Crippen LogP contribution in [0.2, 0.25) is 0 Å². The minimum atomic E-state index is -0.501. The largest absolute Gasteiger partial charge is 0.483 e. The van der Waals surface area contributed by atoms with Crippen molar-refractivity contribution in [2.24, 2.45) is 5.73 Å². The molecule has 166 valence electrons. The maximum absolute atomic E-state index is 11.5. The van der Waals surface area contributed by atoms with Gasteiger partial charge in [-0.1, -0.05) is 12.1 Å². The Labute approximate surface area is 183 Å². The predicted molar refractivity (Wildman–Crippen MR) is 117 cm³/mol. The topological polar surface area (TPSA) is 155 Å². The van der Waals surface area contributed by atoms with Crippen LogP contribution in [0.15, 0.2) is 36.5 Å². The minimum Gasteiger partial charge on any atom is -0.483 e. The van der Waals surface area contributed by atoms with Crippen LogP contribution in [0, 0.1) is 6.92 Å². The Balaban J connectivity index is 0.000000913. The first-order chi connectivity index (χ1) is 15.1. The van der Waals surface area contributed by atoms with Gasteiger partial charge in [0.05, 0.1) is 34.9 Å². The third kappa shape index (κ3) is 4.77. The van der Waals surface area contributed by atoms with Crippen molar-refractivity contribution in [2.75, 3.05) is 0 Å². The van der Waals surface area contributed by atoms with Crippen LogP contribution in [0.3, 0.4) is 0 Å². The molecule has 3 N–H and O–H groups in total. The molecule has 0 atom stereocenters. The average molecular weight is 436 g/mol. The number of carboxylic acid groups (broad SMARTS) is 1. The third-order valence-corrected chi connectivity index (χ3v) is 4.33. The average Bonchev–Trinajstić information content (AvgIpc) is 3.31. The summed E-state index contributed by atoms with van der Waals surface area (Å²) in [6.45, 7) is 7.85. The number of hydrogen-bond acceptors (Lipinski definition) is 7. The molecule has 0 aliphatic carbocycles. The fourth-order valence-electron chi connectivity index (χ4n) is 3.13. The lowest BCUT2D eigenvalue weighted by Crippen LogP contribution is -2.24. The second-order valence-corrected chi connectivity index (χ2v) is 7.98. The number of benzene rings is 1. The van der Waals surface area contributed by atoms with Crippen LogP contribution >= 0.6 is 0 Å². The van der Waals surface area contributed by atoms with Gasteiger partial charge in [0.2, 0.25) is 5.91 Å². The van der Waals surface area contributed by atoms with Gasteiger partial charge in [-0.25, -0.2) is 9.97 Å². The Bertz CT molecular complexity index is 1270. The van der Waals surface area contributed by atoms with Gasteiger partial charge in [0.1, 0.15) is 5.69 Å². The van der Waals surface area contributed by atoms with E-state index in [-0.39, 0.29) is 18.4 Å². The highest BCUT2D eigenvalue weighted by Gasteiger charge is 2.25. The highest BCUT2D eigenvalue weighted by Crippen LogP contribution is 2.27. The van der Waals surface area contributed by atoms with Crippen LogP contribution in [-0.2, 0) is 21.5 Å². The third-order valence-electron chi connectivity index (χ3n) is 4.33. The molecule has 0 fully saturated rings. The van der Waals surface area contributed by atoms with Crippen LogP contribution in [0.4, 0.5) is 0 Å². The Morgan fingerprint density at radius 1 is 1.16 bits per heavy atom. The van der Waals surface area contributed by atoms with Crippen molar-refractivity contribution >= 4 is 23.4 Å². The van der Waals surface area contributed by atoms with Gasteiger partial charge in [-0.3, -0.25) is 19.3 Å². The summed E-state index contributed by atoms with van der Waals surface area (Å²) >= 11 is 0. The van der Waals surface area contributed by atoms with Crippen molar-refractivity contribution in [2.45, 2.75) is 39.7 Å². The van der Waals surface area contributed by atoms with E-state index < -0.39 is 5.91 Å². The molecule has 0 radical (unpaired) electrons. The smallest absolute Gasteiger partial charge is 0.290 e. The van der Waals surface area contributed by atoms with Gasteiger partial charge >= 0.3 is 0 Å². The van der Waals surface area contributed by atoms with Crippen molar-refractivity contribution in [3.63, 3.8) is 0 Å². The van der Waals surface area contributed by atoms with E-state index in [9.17, 15) is 4.79 Å². The van der Waals surface area contributed by atoms with Crippen molar-refractivity contribution in [3.8, 4) is 17.3 Å². The zero-order valence-corrected chi connectivity index (χ0v) is 18.2. The zero-order chi connectivity index (χ0) is 23.5. The van der Waals surface area contributed by atoms with Crippen molar-refractivity contribution < 1.29 is 14.7 Å². The van der Waals surface area contributed by atoms with Gasteiger partial charge in [-0.05, 0) is 45.9 Å². The number of rotatable bonds is 4. The first kappa shape index (κ1) is 22.5. The lowest BCUT2D eigenvalue weighted by atomic mass is 10.1. The molecule has 0 saturated carbocycles. The van der Waals surface area contributed by atoms with Crippen LogP contribution in [-0.4, -0.2) is 52.0 Å². The molecule has 0 spiro atoms. The van der Waals surface area contributed by atoms with Crippen LogP contribution in [0.25, 0.3) is 28.4 Å². The maximum Gasteiger partial charge on any atom is 0.290 e. The van der Waals surface area contributed by atoms with Gasteiger partial charge in [0.25, 0.3) is 6.47 Å². The number of amides is 1. The SMILES string of the molecule is Cc1cc(-c2nc(CC(N)=O)nn2-c2cnc3ccccc3n2)n(C(C)(C)C)n1.O=CO. The van der Waals surface area contributed by atoms with Gasteiger partial charge in [-0.15, -0.1) is 5.10 Å². The maximum atomic E-state index is 11.5. The van der Waals surface area contributed by atoms with Crippen molar-refractivity contribution in [1.29, 1.82) is 0 Å². The number of primary amides is 1. The number of hydrogen-bond donors (Lipinski definition) is 2. The zero-order valence-electron chi connectivity index (χ0n) is 18.2. The number of aromatic nitrogens is 7. The molecule has 1 aromatic carbocycles. The Morgan fingerprint density at radius 2 is 1.81 bits per heavy atom. The van der Waals surface area contributed by atoms with Crippen molar-refractivity contribution in [3.05, 3.63) is 48.0 Å². The van der Waals surface area contributed by atoms with E-state index in [1.165, 1.54) is 0 Å². The molecular formula is C21H24N8O3. The first-order valence-electron chi connectivity index (χ1n) is 9.76. The summed E-state index contributed by atoms with van der Waals surface area (Å²) in [5.41, 5.74) is 8.23. The fourth-order valence-corrected chi connectivity index (χ4v) is 3.13. The monoisotopic (exact) mass is 436 g/mol. The molecule has 11 heteroatoms. The van der Waals surface area contributed by atoms with E-state index in [4.69, 9.17) is 15.6 Å². The van der Waals surface area contributed by atoms with E-state index in [1.807, 2.05) is 41.9 Å². The first-order valence-corrected chi connectivity index (χ1v) is 9.76. The second-order valence-electron chi connectivity index (χ2n) is 7.98. The summed E-state index contributed by atoms with van der Waals surface area (Å²) in [6, 6.07) is 9.53. The lowest BCUT2D eigenvalue weighted by Gasteiger charge is -2.22. The number of carbonyl (C=O) groups excluding carboxylic acids is 1. The highest BCUT2D eigenvalue weighted by molar-refractivity contribution is 5.76. The summed E-state index contributed by atoms with van der Waals surface area (Å²) in [5, 5.41) is 16.0. The summed E-state index contributed by atoms with van der Waals surface area (Å²) < 4.78 is 3.49. The minimum absolute atomic E-state index is 0.0658.